The van der Waals surface area contributed by atoms with Crippen molar-refractivity contribution in [2.75, 3.05) is 0 Å². The molecule has 1 unspecified atom stereocenters. The van der Waals surface area contributed by atoms with E-state index in [9.17, 15) is 9.90 Å². The summed E-state index contributed by atoms with van der Waals surface area (Å²) in [5.74, 6) is -1.38. The van der Waals surface area contributed by atoms with E-state index in [1.54, 1.807) is 6.92 Å². The van der Waals surface area contributed by atoms with E-state index in [-0.39, 0.29) is 0 Å². The van der Waals surface area contributed by atoms with Crippen LogP contribution in [0.1, 0.15) is 40.7 Å². The molecule has 0 amide bonds. The van der Waals surface area contributed by atoms with Gasteiger partial charge in [-0.3, -0.25) is 4.79 Å². The second-order valence-electron chi connectivity index (χ2n) is 5.37. The first-order valence-corrected chi connectivity index (χ1v) is 7.01. The molecule has 0 bridgehead atoms. The quantitative estimate of drug-likeness (QED) is 0.891. The molecule has 0 saturated heterocycles. The summed E-state index contributed by atoms with van der Waals surface area (Å²) in [6.45, 7) is 10.0. The summed E-state index contributed by atoms with van der Waals surface area (Å²) in [4.78, 5) is 11.3. The van der Waals surface area contributed by atoms with Crippen LogP contribution in [0.25, 0.3) is 5.57 Å². The van der Waals surface area contributed by atoms with E-state index in [0.717, 1.165) is 22.3 Å². The van der Waals surface area contributed by atoms with Crippen molar-refractivity contribution < 1.29 is 9.90 Å². The lowest BCUT2D eigenvalue weighted by molar-refractivity contribution is -0.138. The Morgan fingerprint density at radius 3 is 2.33 bits per heavy atom. The van der Waals surface area contributed by atoms with E-state index in [4.69, 9.17) is 0 Å². The molecular formula is C19H20O2. The molecule has 1 atom stereocenters. The van der Waals surface area contributed by atoms with Crippen molar-refractivity contribution in [1.29, 1.82) is 0 Å². The standard InChI is InChI=1S/C19H20O2/c1-12-8-7-11-16(13(12)2)14(3)17-9-5-6-10-18(17)15(4)19(20)21/h5-11,15H,3H2,1-2,4H3,(H,20,21). The first-order valence-electron chi connectivity index (χ1n) is 7.01. The predicted octanol–water partition coefficient (Wildman–Crippen LogP) is 4.55. The van der Waals surface area contributed by atoms with Gasteiger partial charge in [0.2, 0.25) is 0 Å². The van der Waals surface area contributed by atoms with Crippen LogP contribution in [0.15, 0.2) is 49.0 Å². The number of hydrogen-bond donors (Lipinski definition) is 1. The topological polar surface area (TPSA) is 37.3 Å². The van der Waals surface area contributed by atoms with E-state index < -0.39 is 11.9 Å². The molecule has 21 heavy (non-hydrogen) atoms. The van der Waals surface area contributed by atoms with E-state index in [2.05, 4.69) is 26.5 Å². The predicted molar refractivity (Wildman–Crippen MR) is 86.5 cm³/mol. The van der Waals surface area contributed by atoms with Gasteiger partial charge < -0.3 is 5.11 Å². The number of carboxylic acid groups (broad SMARTS) is 1. The Bertz CT molecular complexity index is 698. The van der Waals surface area contributed by atoms with E-state index in [1.165, 1.54) is 11.1 Å². The normalized spacial score (nSPS) is 12.0. The van der Waals surface area contributed by atoms with E-state index in [1.807, 2.05) is 36.4 Å². The molecule has 2 nitrogen and oxygen atoms in total. The third-order valence-electron chi connectivity index (χ3n) is 4.05. The van der Waals surface area contributed by atoms with Crippen LogP contribution in [-0.2, 0) is 4.79 Å². The molecule has 0 fully saturated rings. The first-order chi connectivity index (χ1) is 9.93. The smallest absolute Gasteiger partial charge is 0.310 e. The highest BCUT2D eigenvalue weighted by molar-refractivity contribution is 5.85. The summed E-state index contributed by atoms with van der Waals surface area (Å²) in [6.07, 6.45) is 0. The molecular weight excluding hydrogens is 260 g/mol. The van der Waals surface area contributed by atoms with Gasteiger partial charge in [0.05, 0.1) is 5.92 Å². The fourth-order valence-corrected chi connectivity index (χ4v) is 2.51. The van der Waals surface area contributed by atoms with Crippen molar-refractivity contribution >= 4 is 11.5 Å². The highest BCUT2D eigenvalue weighted by Crippen LogP contribution is 2.31. The summed E-state index contributed by atoms with van der Waals surface area (Å²) in [6, 6.07) is 13.7. The number of aliphatic carboxylic acids is 1. The van der Waals surface area contributed by atoms with Gasteiger partial charge in [-0.2, -0.15) is 0 Å². The van der Waals surface area contributed by atoms with E-state index in [0.29, 0.717) is 0 Å². The summed E-state index contributed by atoms with van der Waals surface area (Å²) < 4.78 is 0. The highest BCUT2D eigenvalue weighted by Gasteiger charge is 2.19. The van der Waals surface area contributed by atoms with Crippen LogP contribution < -0.4 is 0 Å². The van der Waals surface area contributed by atoms with Gasteiger partial charge in [0.15, 0.2) is 0 Å². The Kier molecular flexibility index (Phi) is 4.27. The Morgan fingerprint density at radius 1 is 1.05 bits per heavy atom. The molecule has 108 valence electrons. The number of benzene rings is 2. The van der Waals surface area contributed by atoms with Gasteiger partial charge in [0.1, 0.15) is 0 Å². The number of hydrogen-bond acceptors (Lipinski definition) is 1. The Morgan fingerprint density at radius 2 is 1.67 bits per heavy atom. The van der Waals surface area contributed by atoms with Crippen LogP contribution in [0.5, 0.6) is 0 Å². The lowest BCUT2D eigenvalue weighted by Crippen LogP contribution is -2.10. The van der Waals surface area contributed by atoms with Crippen molar-refractivity contribution in [1.82, 2.24) is 0 Å². The molecule has 2 aromatic rings. The molecule has 1 N–H and O–H groups in total. The van der Waals surface area contributed by atoms with Crippen molar-refractivity contribution in [3.63, 3.8) is 0 Å². The molecule has 0 aromatic heterocycles. The van der Waals surface area contributed by atoms with Gasteiger partial charge in [-0.1, -0.05) is 49.0 Å². The van der Waals surface area contributed by atoms with Crippen LogP contribution in [-0.4, -0.2) is 11.1 Å². The first kappa shape index (κ1) is 15.0. The van der Waals surface area contributed by atoms with Crippen molar-refractivity contribution in [2.45, 2.75) is 26.7 Å². The number of carboxylic acids is 1. The maximum atomic E-state index is 11.3. The third-order valence-corrected chi connectivity index (χ3v) is 4.05. The monoisotopic (exact) mass is 280 g/mol. The Balaban J connectivity index is 2.54. The minimum absolute atomic E-state index is 0.553. The Hall–Kier alpha value is -2.35. The van der Waals surface area contributed by atoms with Crippen LogP contribution in [0.3, 0.4) is 0 Å². The SMILES string of the molecule is C=C(c1ccccc1C(C)C(=O)O)c1cccc(C)c1C. The minimum atomic E-state index is -0.823. The molecule has 2 aromatic carbocycles. The fourth-order valence-electron chi connectivity index (χ4n) is 2.51. The lowest BCUT2D eigenvalue weighted by atomic mass is 9.87. The molecule has 0 radical (unpaired) electrons. The average Bonchev–Trinajstić information content (AvgIpc) is 2.48. The molecule has 0 aliphatic carbocycles. The van der Waals surface area contributed by atoms with Crippen molar-refractivity contribution in [3.8, 4) is 0 Å². The molecule has 2 heteroatoms. The van der Waals surface area contributed by atoms with Gasteiger partial charge in [0, 0.05) is 0 Å². The number of rotatable bonds is 4. The summed E-state index contributed by atoms with van der Waals surface area (Å²) in [7, 11) is 0. The molecule has 0 heterocycles. The zero-order valence-electron chi connectivity index (χ0n) is 12.7. The van der Waals surface area contributed by atoms with Gasteiger partial charge in [-0.05, 0) is 54.2 Å². The van der Waals surface area contributed by atoms with Gasteiger partial charge >= 0.3 is 5.97 Å². The second kappa shape index (κ2) is 5.96. The Labute approximate surface area is 125 Å². The van der Waals surface area contributed by atoms with Crippen LogP contribution in [0.4, 0.5) is 0 Å². The molecule has 2 rings (SSSR count). The molecule has 0 aliphatic heterocycles. The van der Waals surface area contributed by atoms with Crippen molar-refractivity contribution in [3.05, 3.63) is 76.9 Å². The van der Waals surface area contributed by atoms with E-state index >= 15 is 0 Å². The maximum Gasteiger partial charge on any atom is 0.310 e. The fraction of sp³-hybridized carbons (Fsp3) is 0.211. The van der Waals surface area contributed by atoms with Crippen LogP contribution >= 0.6 is 0 Å². The van der Waals surface area contributed by atoms with Crippen LogP contribution in [0, 0.1) is 13.8 Å². The summed E-state index contributed by atoms with van der Waals surface area (Å²) in [5.41, 5.74) is 6.04. The number of carbonyl (C=O) groups is 1. The number of aryl methyl sites for hydroxylation is 1. The maximum absolute atomic E-state index is 11.3. The minimum Gasteiger partial charge on any atom is -0.481 e. The van der Waals surface area contributed by atoms with Gasteiger partial charge in [0.25, 0.3) is 0 Å². The highest BCUT2D eigenvalue weighted by atomic mass is 16.4. The zero-order chi connectivity index (χ0) is 15.6. The second-order valence-corrected chi connectivity index (χ2v) is 5.37. The van der Waals surface area contributed by atoms with Crippen molar-refractivity contribution in [2.24, 2.45) is 0 Å². The zero-order valence-corrected chi connectivity index (χ0v) is 12.7. The van der Waals surface area contributed by atoms with Gasteiger partial charge in [-0.15, -0.1) is 0 Å². The third kappa shape index (κ3) is 2.89. The lowest BCUT2D eigenvalue weighted by Gasteiger charge is -2.17. The molecule has 0 saturated carbocycles. The average molecular weight is 280 g/mol. The van der Waals surface area contributed by atoms with Crippen LogP contribution in [0.2, 0.25) is 0 Å². The summed E-state index contributed by atoms with van der Waals surface area (Å²) >= 11 is 0. The molecule has 0 aliphatic rings. The molecule has 0 spiro atoms. The largest absolute Gasteiger partial charge is 0.481 e. The summed E-state index contributed by atoms with van der Waals surface area (Å²) in [5, 5.41) is 9.28. The van der Waals surface area contributed by atoms with Gasteiger partial charge in [-0.25, -0.2) is 0 Å².